The number of hydrogen-bond acceptors (Lipinski definition) is 2. The molecule has 2 aromatic carbocycles. The van der Waals surface area contributed by atoms with Gasteiger partial charge in [-0.1, -0.05) is 30.3 Å². The second-order valence-corrected chi connectivity index (χ2v) is 6.03. The second kappa shape index (κ2) is 5.01. The zero-order chi connectivity index (χ0) is 15.0. The van der Waals surface area contributed by atoms with E-state index in [1.165, 1.54) is 22.0 Å². The Balaban J connectivity index is 2.00. The first-order valence-electron chi connectivity index (χ1n) is 7.34. The summed E-state index contributed by atoms with van der Waals surface area (Å²) in [6.45, 7) is 7.04. The van der Waals surface area contributed by atoms with Crippen LogP contribution in [0.4, 0.5) is 0 Å². The molecule has 0 unspecified atom stereocenters. The molecule has 0 fully saturated rings. The molecule has 3 heteroatoms. The molecule has 0 bridgehead atoms. The fourth-order valence-electron chi connectivity index (χ4n) is 2.61. The van der Waals surface area contributed by atoms with Gasteiger partial charge in [-0.05, 0) is 49.6 Å². The highest BCUT2D eigenvalue weighted by molar-refractivity contribution is 5.84. The van der Waals surface area contributed by atoms with Gasteiger partial charge in [-0.25, -0.2) is 0 Å². The van der Waals surface area contributed by atoms with Gasteiger partial charge in [-0.15, -0.1) is 0 Å². The molecular weight excluding hydrogens is 258 g/mol. The topological polar surface area (TPSA) is 43.8 Å². The average Bonchev–Trinajstić information content (AvgIpc) is 2.88. The third kappa shape index (κ3) is 2.57. The molecule has 0 atom stereocenters. The Kier molecular flexibility index (Phi) is 3.30. The number of nitrogens with zero attached hydrogens (tertiary/aromatic N) is 2. The molecule has 3 aromatic rings. The fourth-order valence-corrected chi connectivity index (χ4v) is 2.61. The van der Waals surface area contributed by atoms with Gasteiger partial charge in [0.2, 0.25) is 0 Å². The average molecular weight is 279 g/mol. The second-order valence-electron chi connectivity index (χ2n) is 6.03. The van der Waals surface area contributed by atoms with E-state index in [9.17, 15) is 0 Å². The minimum absolute atomic E-state index is 0.301. The van der Waals surface area contributed by atoms with Crippen LogP contribution in [0.5, 0.6) is 0 Å². The summed E-state index contributed by atoms with van der Waals surface area (Å²) in [4.78, 5) is 0. The lowest BCUT2D eigenvalue weighted by atomic mass is 9.93. The molecule has 0 aliphatic rings. The van der Waals surface area contributed by atoms with Gasteiger partial charge in [-0.3, -0.25) is 4.68 Å². The first-order chi connectivity index (χ1) is 9.99. The summed E-state index contributed by atoms with van der Waals surface area (Å²) in [5.74, 6) is 0. The van der Waals surface area contributed by atoms with Crippen molar-refractivity contribution in [2.24, 2.45) is 5.73 Å². The molecule has 21 heavy (non-hydrogen) atoms. The van der Waals surface area contributed by atoms with Crippen LogP contribution < -0.4 is 5.73 Å². The normalized spacial score (nSPS) is 12.0. The van der Waals surface area contributed by atoms with Crippen molar-refractivity contribution in [1.82, 2.24) is 9.78 Å². The molecule has 2 N–H and O–H groups in total. The van der Waals surface area contributed by atoms with Crippen molar-refractivity contribution >= 4 is 10.9 Å². The van der Waals surface area contributed by atoms with E-state index in [0.717, 1.165) is 12.1 Å². The molecule has 3 nitrogen and oxygen atoms in total. The van der Waals surface area contributed by atoms with Gasteiger partial charge in [0.1, 0.15) is 0 Å². The number of fused-ring (bicyclic) bond motifs is 1. The van der Waals surface area contributed by atoms with Gasteiger partial charge in [-0.2, -0.15) is 5.10 Å². The molecular formula is C18H21N3. The van der Waals surface area contributed by atoms with Crippen LogP contribution in [-0.2, 0) is 12.1 Å². The van der Waals surface area contributed by atoms with Crippen LogP contribution in [0, 0.1) is 0 Å². The largest absolute Gasteiger partial charge is 0.322 e. The summed E-state index contributed by atoms with van der Waals surface area (Å²) in [5, 5.41) is 5.57. The van der Waals surface area contributed by atoms with E-state index < -0.39 is 0 Å². The minimum Gasteiger partial charge on any atom is -0.322 e. The van der Waals surface area contributed by atoms with Crippen LogP contribution in [0.2, 0.25) is 0 Å². The molecule has 3 rings (SSSR count). The van der Waals surface area contributed by atoms with Gasteiger partial charge in [0.25, 0.3) is 0 Å². The lowest BCUT2D eigenvalue weighted by Gasteiger charge is -2.19. The maximum atomic E-state index is 6.13. The van der Waals surface area contributed by atoms with Crippen molar-refractivity contribution in [1.29, 1.82) is 0 Å². The Hall–Kier alpha value is -2.13. The Labute approximate surface area is 125 Å². The smallest absolute Gasteiger partial charge is 0.0682 e. The van der Waals surface area contributed by atoms with Crippen molar-refractivity contribution < 1.29 is 0 Å². The zero-order valence-corrected chi connectivity index (χ0v) is 12.8. The third-order valence-electron chi connectivity index (χ3n) is 3.90. The molecule has 1 heterocycles. The predicted octanol–water partition coefficient (Wildman–Crippen LogP) is 3.92. The molecule has 0 saturated carbocycles. The Bertz CT molecular complexity index is 761. The summed E-state index contributed by atoms with van der Waals surface area (Å²) in [5.41, 5.74) is 10.6. The van der Waals surface area contributed by atoms with Crippen LogP contribution in [0.3, 0.4) is 0 Å². The summed E-state index contributed by atoms with van der Waals surface area (Å²) in [7, 11) is 0. The molecule has 0 radical (unpaired) electrons. The van der Waals surface area contributed by atoms with Crippen LogP contribution in [-0.4, -0.2) is 9.78 Å². The van der Waals surface area contributed by atoms with Gasteiger partial charge in [0.15, 0.2) is 0 Å². The fraction of sp³-hybridized carbons (Fsp3) is 0.278. The monoisotopic (exact) mass is 279 g/mol. The van der Waals surface area contributed by atoms with Gasteiger partial charge in [0.05, 0.1) is 11.7 Å². The summed E-state index contributed by atoms with van der Waals surface area (Å²) in [6, 6.07) is 15.0. The van der Waals surface area contributed by atoms with Crippen LogP contribution >= 0.6 is 0 Å². The Morgan fingerprint density at radius 3 is 2.33 bits per heavy atom. The van der Waals surface area contributed by atoms with E-state index in [4.69, 9.17) is 5.73 Å². The standard InChI is InChI=1S/C18H21N3/c1-4-21-17-10-7-14(11-15(17)12-20-21)13-5-8-16(9-6-13)18(2,3)19/h5-12H,4,19H2,1-3H3. The molecule has 0 aliphatic carbocycles. The van der Waals surface area contributed by atoms with Gasteiger partial charge in [0, 0.05) is 17.5 Å². The van der Waals surface area contributed by atoms with Crippen LogP contribution in [0.25, 0.3) is 22.0 Å². The zero-order valence-electron chi connectivity index (χ0n) is 12.8. The molecule has 108 valence electrons. The summed E-state index contributed by atoms with van der Waals surface area (Å²) in [6.07, 6.45) is 1.93. The molecule has 0 amide bonds. The predicted molar refractivity (Wildman–Crippen MR) is 88.1 cm³/mol. The van der Waals surface area contributed by atoms with Crippen molar-refractivity contribution in [3.05, 3.63) is 54.2 Å². The summed E-state index contributed by atoms with van der Waals surface area (Å²) >= 11 is 0. The van der Waals surface area contributed by atoms with Crippen molar-refractivity contribution in [3.63, 3.8) is 0 Å². The highest BCUT2D eigenvalue weighted by Gasteiger charge is 2.13. The quantitative estimate of drug-likeness (QED) is 0.789. The highest BCUT2D eigenvalue weighted by atomic mass is 15.3. The third-order valence-corrected chi connectivity index (χ3v) is 3.90. The SMILES string of the molecule is CCn1ncc2cc(-c3ccc(C(C)(C)N)cc3)ccc21. The number of benzene rings is 2. The molecule has 1 aromatic heterocycles. The van der Waals surface area contributed by atoms with E-state index in [2.05, 4.69) is 54.5 Å². The molecule has 0 saturated heterocycles. The Morgan fingerprint density at radius 1 is 1.05 bits per heavy atom. The maximum Gasteiger partial charge on any atom is 0.0682 e. The van der Waals surface area contributed by atoms with Crippen LogP contribution in [0.15, 0.2) is 48.7 Å². The lowest BCUT2D eigenvalue weighted by molar-refractivity contribution is 0.554. The first kappa shape index (κ1) is 13.8. The van der Waals surface area contributed by atoms with Gasteiger partial charge < -0.3 is 5.73 Å². The highest BCUT2D eigenvalue weighted by Crippen LogP contribution is 2.26. The number of hydrogen-bond donors (Lipinski definition) is 1. The Morgan fingerprint density at radius 2 is 1.71 bits per heavy atom. The van der Waals surface area contributed by atoms with E-state index in [-0.39, 0.29) is 5.54 Å². The van der Waals surface area contributed by atoms with E-state index >= 15 is 0 Å². The number of rotatable bonds is 3. The maximum absolute atomic E-state index is 6.13. The molecule has 0 aliphatic heterocycles. The first-order valence-corrected chi connectivity index (χ1v) is 7.34. The lowest BCUT2D eigenvalue weighted by Crippen LogP contribution is -2.28. The van der Waals surface area contributed by atoms with Crippen molar-refractivity contribution in [2.45, 2.75) is 32.9 Å². The minimum atomic E-state index is -0.301. The number of nitrogens with two attached hydrogens (primary N) is 1. The number of aryl methyl sites for hydroxylation is 1. The van der Waals surface area contributed by atoms with Gasteiger partial charge >= 0.3 is 0 Å². The van der Waals surface area contributed by atoms with Crippen molar-refractivity contribution in [3.8, 4) is 11.1 Å². The van der Waals surface area contributed by atoms with Crippen LogP contribution in [0.1, 0.15) is 26.3 Å². The van der Waals surface area contributed by atoms with E-state index in [1.54, 1.807) is 0 Å². The van der Waals surface area contributed by atoms with E-state index in [0.29, 0.717) is 0 Å². The number of aromatic nitrogens is 2. The van der Waals surface area contributed by atoms with E-state index in [1.807, 2.05) is 24.7 Å². The summed E-state index contributed by atoms with van der Waals surface area (Å²) < 4.78 is 2.01. The molecule has 0 spiro atoms. The van der Waals surface area contributed by atoms with Crippen molar-refractivity contribution in [2.75, 3.05) is 0 Å².